The summed E-state index contributed by atoms with van der Waals surface area (Å²) >= 11 is 0. The molecule has 0 bridgehead atoms. The number of aromatic nitrogens is 3. The summed E-state index contributed by atoms with van der Waals surface area (Å²) in [6.07, 6.45) is 7.48. The third-order valence-electron chi connectivity index (χ3n) is 4.58. The van der Waals surface area contributed by atoms with E-state index in [-0.39, 0.29) is 5.60 Å². The highest BCUT2D eigenvalue weighted by Crippen LogP contribution is 2.34. The van der Waals surface area contributed by atoms with Crippen LogP contribution in [0.4, 0.5) is 5.95 Å². The van der Waals surface area contributed by atoms with E-state index in [0.29, 0.717) is 0 Å². The smallest absolute Gasteiger partial charge is 0.231 e. The maximum Gasteiger partial charge on any atom is 0.231 e. The highest BCUT2D eigenvalue weighted by atomic mass is 16.5. The molecular weight excluding hydrogens is 264 g/mol. The molecule has 2 aromatic heterocycles. The van der Waals surface area contributed by atoms with Crippen molar-refractivity contribution in [2.75, 3.05) is 24.6 Å². The minimum Gasteiger partial charge on any atom is -0.370 e. The summed E-state index contributed by atoms with van der Waals surface area (Å²) in [4.78, 5) is 2.31. The quantitative estimate of drug-likeness (QED) is 0.754. The average Bonchev–Trinajstić information content (AvgIpc) is 2.92. The fourth-order valence-corrected chi connectivity index (χ4v) is 3.40. The number of piperidine rings is 1. The Morgan fingerprint density at radius 3 is 2.86 bits per heavy atom. The van der Waals surface area contributed by atoms with Gasteiger partial charge in [0, 0.05) is 19.3 Å². The molecule has 0 unspecified atom stereocenters. The Bertz CT molecular complexity index is 682. The number of hydrogen-bond donors (Lipinski definition) is 0. The van der Waals surface area contributed by atoms with Crippen molar-refractivity contribution in [3.63, 3.8) is 0 Å². The van der Waals surface area contributed by atoms with Gasteiger partial charge in [0.15, 0.2) is 5.65 Å². The molecular formula is C16H20N4O. The van der Waals surface area contributed by atoms with Crippen LogP contribution in [-0.4, -0.2) is 39.9 Å². The van der Waals surface area contributed by atoms with Gasteiger partial charge in [0.25, 0.3) is 0 Å². The van der Waals surface area contributed by atoms with E-state index in [9.17, 15) is 0 Å². The largest absolute Gasteiger partial charge is 0.370 e. The summed E-state index contributed by atoms with van der Waals surface area (Å²) in [5.74, 6) is 0.942. The second kappa shape index (κ2) is 4.84. The van der Waals surface area contributed by atoms with E-state index in [1.165, 1.54) is 5.57 Å². The lowest BCUT2D eigenvalue weighted by Gasteiger charge is -2.42. The lowest BCUT2D eigenvalue weighted by atomic mass is 9.87. The lowest BCUT2D eigenvalue weighted by Crippen LogP contribution is -2.47. The van der Waals surface area contributed by atoms with E-state index in [2.05, 4.69) is 32.5 Å². The van der Waals surface area contributed by atoms with E-state index < -0.39 is 0 Å². The number of hydrogen-bond acceptors (Lipinski definition) is 4. The number of rotatable bonds is 1. The van der Waals surface area contributed by atoms with Crippen LogP contribution in [0, 0.1) is 0 Å². The molecule has 0 aliphatic carbocycles. The first-order chi connectivity index (χ1) is 10.3. The molecule has 5 heteroatoms. The molecule has 1 spiro atoms. The molecule has 5 nitrogen and oxygen atoms in total. The van der Waals surface area contributed by atoms with Crippen LogP contribution in [0.1, 0.15) is 26.2 Å². The van der Waals surface area contributed by atoms with Crippen molar-refractivity contribution < 1.29 is 4.74 Å². The van der Waals surface area contributed by atoms with Crippen LogP contribution >= 0.6 is 0 Å². The molecule has 110 valence electrons. The van der Waals surface area contributed by atoms with Crippen LogP contribution in [-0.2, 0) is 4.74 Å². The third-order valence-corrected chi connectivity index (χ3v) is 4.58. The standard InChI is InChI=1S/C16H20N4O/c1-13-5-11-21-16(12-13)6-9-19(10-7-16)15-18-17-14-4-2-3-8-20(14)15/h2-4,8,12H,5-7,9-11H2,1H3. The van der Waals surface area contributed by atoms with Gasteiger partial charge in [0.05, 0.1) is 12.2 Å². The summed E-state index contributed by atoms with van der Waals surface area (Å²) in [6, 6.07) is 5.99. The number of pyridine rings is 1. The van der Waals surface area contributed by atoms with Crippen molar-refractivity contribution in [2.45, 2.75) is 31.8 Å². The van der Waals surface area contributed by atoms with E-state index in [0.717, 1.165) is 50.6 Å². The zero-order chi connectivity index (χ0) is 14.3. The Morgan fingerprint density at radius 1 is 1.19 bits per heavy atom. The first-order valence-electron chi connectivity index (χ1n) is 7.63. The third kappa shape index (κ3) is 2.21. The average molecular weight is 284 g/mol. The summed E-state index contributed by atoms with van der Waals surface area (Å²) < 4.78 is 8.14. The van der Waals surface area contributed by atoms with Gasteiger partial charge in [-0.3, -0.25) is 4.40 Å². The van der Waals surface area contributed by atoms with Crippen LogP contribution in [0.3, 0.4) is 0 Å². The SMILES string of the molecule is CC1=CC2(CCN(c3nnc4ccccn34)CC2)OCC1. The van der Waals surface area contributed by atoms with Crippen molar-refractivity contribution in [3.05, 3.63) is 36.0 Å². The van der Waals surface area contributed by atoms with Gasteiger partial charge >= 0.3 is 0 Å². The number of fused-ring (bicyclic) bond motifs is 1. The maximum absolute atomic E-state index is 6.08. The first kappa shape index (κ1) is 12.8. The molecule has 0 aromatic carbocycles. The highest BCUT2D eigenvalue weighted by molar-refractivity contribution is 5.46. The Hall–Kier alpha value is -1.88. The van der Waals surface area contributed by atoms with E-state index in [4.69, 9.17) is 4.74 Å². The topological polar surface area (TPSA) is 42.7 Å². The Morgan fingerprint density at radius 2 is 2.05 bits per heavy atom. The highest BCUT2D eigenvalue weighted by Gasteiger charge is 2.36. The van der Waals surface area contributed by atoms with Gasteiger partial charge in [0.1, 0.15) is 0 Å². The van der Waals surface area contributed by atoms with E-state index in [1.54, 1.807) is 0 Å². The van der Waals surface area contributed by atoms with Crippen LogP contribution in [0.15, 0.2) is 36.0 Å². The number of anilines is 1. The second-order valence-electron chi connectivity index (χ2n) is 6.07. The molecule has 1 saturated heterocycles. The summed E-state index contributed by atoms with van der Waals surface area (Å²) in [5, 5.41) is 8.59. The molecule has 4 heterocycles. The molecule has 2 aliphatic rings. The zero-order valence-electron chi connectivity index (χ0n) is 12.3. The minimum absolute atomic E-state index is 0.0423. The second-order valence-corrected chi connectivity index (χ2v) is 6.07. The number of ether oxygens (including phenoxy) is 1. The first-order valence-corrected chi connectivity index (χ1v) is 7.63. The van der Waals surface area contributed by atoms with E-state index in [1.807, 2.05) is 24.4 Å². The predicted molar refractivity (Wildman–Crippen MR) is 81.5 cm³/mol. The van der Waals surface area contributed by atoms with Crippen molar-refractivity contribution in [1.29, 1.82) is 0 Å². The number of nitrogens with zero attached hydrogens (tertiary/aromatic N) is 4. The fraction of sp³-hybridized carbons (Fsp3) is 0.500. The van der Waals surface area contributed by atoms with Crippen LogP contribution < -0.4 is 4.90 Å². The Labute approximate surface area is 124 Å². The molecule has 2 aromatic rings. The summed E-state index contributed by atoms with van der Waals surface area (Å²) in [5.41, 5.74) is 2.32. The summed E-state index contributed by atoms with van der Waals surface area (Å²) in [6.45, 7) is 4.98. The molecule has 1 fully saturated rings. The fourth-order valence-electron chi connectivity index (χ4n) is 3.40. The van der Waals surface area contributed by atoms with Gasteiger partial charge < -0.3 is 9.64 Å². The van der Waals surface area contributed by atoms with Crippen LogP contribution in [0.5, 0.6) is 0 Å². The minimum atomic E-state index is -0.0423. The molecule has 0 amide bonds. The Balaban J connectivity index is 1.56. The molecule has 0 radical (unpaired) electrons. The van der Waals surface area contributed by atoms with Crippen molar-refractivity contribution in [2.24, 2.45) is 0 Å². The van der Waals surface area contributed by atoms with Gasteiger partial charge in [-0.1, -0.05) is 17.7 Å². The zero-order valence-corrected chi connectivity index (χ0v) is 12.3. The summed E-state index contributed by atoms with van der Waals surface area (Å²) in [7, 11) is 0. The molecule has 21 heavy (non-hydrogen) atoms. The Kier molecular flexibility index (Phi) is 2.96. The van der Waals surface area contributed by atoms with Gasteiger partial charge in [-0.2, -0.15) is 0 Å². The molecule has 4 rings (SSSR count). The van der Waals surface area contributed by atoms with Crippen molar-refractivity contribution >= 4 is 11.6 Å². The van der Waals surface area contributed by atoms with Gasteiger partial charge in [-0.25, -0.2) is 0 Å². The maximum atomic E-state index is 6.08. The molecule has 2 aliphatic heterocycles. The monoisotopic (exact) mass is 284 g/mol. The molecule has 0 N–H and O–H groups in total. The predicted octanol–water partition coefficient (Wildman–Crippen LogP) is 2.43. The van der Waals surface area contributed by atoms with Crippen LogP contribution in [0.25, 0.3) is 5.65 Å². The normalized spacial score (nSPS) is 21.8. The van der Waals surface area contributed by atoms with Gasteiger partial charge in [-0.05, 0) is 38.3 Å². The molecule has 0 atom stereocenters. The van der Waals surface area contributed by atoms with Gasteiger partial charge in [0.2, 0.25) is 5.95 Å². The van der Waals surface area contributed by atoms with Crippen molar-refractivity contribution in [3.8, 4) is 0 Å². The lowest BCUT2D eigenvalue weighted by molar-refractivity contribution is -0.0327. The molecule has 0 saturated carbocycles. The van der Waals surface area contributed by atoms with E-state index >= 15 is 0 Å². The van der Waals surface area contributed by atoms with Crippen molar-refractivity contribution in [1.82, 2.24) is 14.6 Å². The van der Waals surface area contributed by atoms with Crippen LogP contribution in [0.2, 0.25) is 0 Å². The van der Waals surface area contributed by atoms with Gasteiger partial charge in [-0.15, -0.1) is 10.2 Å².